The van der Waals surface area contributed by atoms with Crippen LogP contribution in [-0.4, -0.2) is 23.3 Å². The maximum Gasteiger partial charge on any atom is 0.318 e. The highest BCUT2D eigenvalue weighted by Crippen LogP contribution is 2.23. The Bertz CT molecular complexity index is 330. The molecule has 1 unspecified atom stereocenters. The highest BCUT2D eigenvalue weighted by molar-refractivity contribution is 5.24. The second kappa shape index (κ2) is 4.82. The zero-order valence-corrected chi connectivity index (χ0v) is 10.0. The molecule has 2 heterocycles. The van der Waals surface area contributed by atoms with Crippen LogP contribution >= 0.6 is 0 Å². The van der Waals surface area contributed by atoms with E-state index in [4.69, 9.17) is 10.2 Å². The van der Waals surface area contributed by atoms with Gasteiger partial charge >= 0.3 is 6.01 Å². The van der Waals surface area contributed by atoms with Gasteiger partial charge in [-0.25, -0.2) is 0 Å². The topological polar surface area (TPSA) is 68.2 Å². The molecule has 1 aromatic heterocycles. The van der Waals surface area contributed by atoms with Crippen LogP contribution in [0.1, 0.15) is 45.0 Å². The van der Waals surface area contributed by atoms with Crippen LogP contribution in [0.3, 0.4) is 0 Å². The number of rotatable bonds is 3. The largest absolute Gasteiger partial charge is 0.406 e. The van der Waals surface area contributed by atoms with E-state index >= 15 is 0 Å². The Hall–Kier alpha value is -1.10. The summed E-state index contributed by atoms with van der Waals surface area (Å²) in [6.45, 7) is 6.13. The van der Waals surface area contributed by atoms with E-state index in [1.165, 1.54) is 19.3 Å². The lowest BCUT2D eigenvalue weighted by Gasteiger charge is -2.24. The fourth-order valence-corrected chi connectivity index (χ4v) is 1.86. The smallest absolute Gasteiger partial charge is 0.318 e. The summed E-state index contributed by atoms with van der Waals surface area (Å²) in [4.78, 5) is 2.15. The molecule has 0 radical (unpaired) electrons. The van der Waals surface area contributed by atoms with Crippen molar-refractivity contribution in [1.82, 2.24) is 10.2 Å². The van der Waals surface area contributed by atoms with Crippen LogP contribution in [0.4, 0.5) is 6.01 Å². The minimum Gasteiger partial charge on any atom is -0.406 e. The van der Waals surface area contributed by atoms with Crippen molar-refractivity contribution < 1.29 is 4.42 Å². The monoisotopic (exact) mass is 224 g/mol. The highest BCUT2D eigenvalue weighted by atomic mass is 16.4. The maximum atomic E-state index is 5.97. The van der Waals surface area contributed by atoms with E-state index in [1.807, 2.05) is 0 Å². The van der Waals surface area contributed by atoms with Crippen LogP contribution in [0.2, 0.25) is 0 Å². The van der Waals surface area contributed by atoms with Crippen molar-refractivity contribution in [3.8, 4) is 0 Å². The summed E-state index contributed by atoms with van der Waals surface area (Å²) in [6, 6.07) is 0.469. The van der Waals surface area contributed by atoms with Crippen molar-refractivity contribution in [2.24, 2.45) is 11.7 Å². The third-order valence-electron chi connectivity index (χ3n) is 3.06. The fourth-order valence-electron chi connectivity index (χ4n) is 1.86. The molecule has 90 valence electrons. The van der Waals surface area contributed by atoms with Gasteiger partial charge in [-0.05, 0) is 25.2 Å². The minimum absolute atomic E-state index is 0.161. The Morgan fingerprint density at radius 2 is 1.88 bits per heavy atom. The molecule has 0 spiro atoms. The molecule has 2 N–H and O–H groups in total. The summed E-state index contributed by atoms with van der Waals surface area (Å²) in [7, 11) is 0. The summed E-state index contributed by atoms with van der Waals surface area (Å²) >= 11 is 0. The fraction of sp³-hybridized carbons (Fsp3) is 0.818. The molecule has 5 heteroatoms. The van der Waals surface area contributed by atoms with Gasteiger partial charge in [0.25, 0.3) is 0 Å². The predicted molar refractivity (Wildman–Crippen MR) is 62.1 cm³/mol. The van der Waals surface area contributed by atoms with Crippen molar-refractivity contribution >= 4 is 6.01 Å². The normalized spacial score (nSPS) is 19.1. The van der Waals surface area contributed by atoms with Crippen LogP contribution in [0, 0.1) is 5.92 Å². The quantitative estimate of drug-likeness (QED) is 0.846. The molecule has 0 saturated carbocycles. The molecule has 1 aliphatic rings. The first-order valence-corrected chi connectivity index (χ1v) is 6.02. The van der Waals surface area contributed by atoms with Gasteiger partial charge in [0.05, 0.1) is 6.04 Å². The molecule has 1 atom stereocenters. The van der Waals surface area contributed by atoms with Gasteiger partial charge in [0.2, 0.25) is 5.89 Å². The van der Waals surface area contributed by atoms with E-state index in [0.717, 1.165) is 13.1 Å². The van der Waals surface area contributed by atoms with Gasteiger partial charge in [-0.2, -0.15) is 0 Å². The number of nitrogens with zero attached hydrogens (tertiary/aromatic N) is 3. The average molecular weight is 224 g/mol. The van der Waals surface area contributed by atoms with Crippen LogP contribution in [0.25, 0.3) is 0 Å². The summed E-state index contributed by atoms with van der Waals surface area (Å²) < 4.78 is 5.62. The number of piperidine rings is 1. The first-order valence-electron chi connectivity index (χ1n) is 6.02. The lowest BCUT2D eigenvalue weighted by molar-refractivity contribution is 0.383. The number of anilines is 1. The average Bonchev–Trinajstić information content (AvgIpc) is 2.78. The van der Waals surface area contributed by atoms with E-state index in [1.54, 1.807) is 0 Å². The predicted octanol–water partition coefficient (Wildman–Crippen LogP) is 1.72. The van der Waals surface area contributed by atoms with E-state index in [-0.39, 0.29) is 6.04 Å². The molecular weight excluding hydrogens is 204 g/mol. The van der Waals surface area contributed by atoms with Crippen molar-refractivity contribution in [2.75, 3.05) is 18.0 Å². The van der Waals surface area contributed by atoms with Crippen LogP contribution in [-0.2, 0) is 0 Å². The van der Waals surface area contributed by atoms with E-state index in [0.29, 0.717) is 17.8 Å². The molecule has 5 nitrogen and oxygen atoms in total. The Morgan fingerprint density at radius 1 is 1.19 bits per heavy atom. The third kappa shape index (κ3) is 2.35. The Morgan fingerprint density at radius 3 is 2.50 bits per heavy atom. The molecular formula is C11H20N4O. The molecule has 2 rings (SSSR count). The van der Waals surface area contributed by atoms with E-state index in [9.17, 15) is 0 Å². The van der Waals surface area contributed by atoms with Gasteiger partial charge in [-0.3, -0.25) is 0 Å². The maximum absolute atomic E-state index is 5.97. The first-order chi connectivity index (χ1) is 7.68. The van der Waals surface area contributed by atoms with Crippen LogP contribution in [0.15, 0.2) is 4.42 Å². The molecule has 1 aromatic rings. The van der Waals surface area contributed by atoms with Gasteiger partial charge in [0.15, 0.2) is 0 Å². The summed E-state index contributed by atoms with van der Waals surface area (Å²) in [5, 5.41) is 8.10. The number of aromatic nitrogens is 2. The van der Waals surface area contributed by atoms with Gasteiger partial charge in [-0.1, -0.05) is 18.9 Å². The SMILES string of the molecule is CC(C)C(N)c1nnc(N2CCCCC2)o1. The van der Waals surface area contributed by atoms with Gasteiger partial charge in [-0.15, -0.1) is 5.10 Å². The van der Waals surface area contributed by atoms with Crippen LogP contribution < -0.4 is 10.6 Å². The Labute approximate surface area is 96.0 Å². The van der Waals surface area contributed by atoms with Crippen LogP contribution in [0.5, 0.6) is 0 Å². The molecule has 1 fully saturated rings. The second-order valence-corrected chi connectivity index (χ2v) is 4.74. The lowest BCUT2D eigenvalue weighted by Crippen LogP contribution is -2.29. The molecule has 0 aliphatic carbocycles. The van der Waals surface area contributed by atoms with E-state index < -0.39 is 0 Å². The third-order valence-corrected chi connectivity index (χ3v) is 3.06. The number of hydrogen-bond acceptors (Lipinski definition) is 5. The molecule has 16 heavy (non-hydrogen) atoms. The highest BCUT2D eigenvalue weighted by Gasteiger charge is 2.21. The Kier molecular flexibility index (Phi) is 3.43. The molecule has 1 aliphatic heterocycles. The minimum atomic E-state index is -0.161. The summed E-state index contributed by atoms with van der Waals surface area (Å²) in [5.41, 5.74) is 5.97. The van der Waals surface area contributed by atoms with Gasteiger partial charge in [0.1, 0.15) is 0 Å². The molecule has 1 saturated heterocycles. The van der Waals surface area contributed by atoms with Gasteiger partial charge < -0.3 is 15.1 Å². The number of hydrogen-bond donors (Lipinski definition) is 1. The Balaban J connectivity index is 2.06. The standard InChI is InChI=1S/C11H20N4O/c1-8(2)9(12)10-13-14-11(16-10)15-6-4-3-5-7-15/h8-9H,3-7,12H2,1-2H3. The number of nitrogens with two attached hydrogens (primary N) is 1. The van der Waals surface area contributed by atoms with Crippen molar-refractivity contribution in [1.29, 1.82) is 0 Å². The van der Waals surface area contributed by atoms with Crippen molar-refractivity contribution in [3.05, 3.63) is 5.89 Å². The van der Waals surface area contributed by atoms with Crippen molar-refractivity contribution in [3.63, 3.8) is 0 Å². The van der Waals surface area contributed by atoms with Crippen molar-refractivity contribution in [2.45, 2.75) is 39.2 Å². The zero-order valence-electron chi connectivity index (χ0n) is 10.0. The second-order valence-electron chi connectivity index (χ2n) is 4.74. The lowest BCUT2D eigenvalue weighted by atomic mass is 10.1. The van der Waals surface area contributed by atoms with Gasteiger partial charge in [0, 0.05) is 13.1 Å². The zero-order chi connectivity index (χ0) is 11.5. The molecule has 0 amide bonds. The molecule has 0 bridgehead atoms. The summed E-state index contributed by atoms with van der Waals surface area (Å²) in [6.07, 6.45) is 3.70. The summed E-state index contributed by atoms with van der Waals surface area (Å²) in [5.74, 6) is 0.866. The molecule has 0 aromatic carbocycles. The van der Waals surface area contributed by atoms with E-state index in [2.05, 4.69) is 28.9 Å². The first kappa shape index (κ1) is 11.4.